The summed E-state index contributed by atoms with van der Waals surface area (Å²) in [6, 6.07) is 43.6. The number of para-hydroxylation sites is 1. The van der Waals surface area contributed by atoms with E-state index >= 15 is 0 Å². The minimum Gasteiger partial charge on any atom is -0.371 e. The summed E-state index contributed by atoms with van der Waals surface area (Å²) in [6.07, 6.45) is 1.49. The Morgan fingerprint density at radius 2 is 1.09 bits per heavy atom. The van der Waals surface area contributed by atoms with Crippen molar-refractivity contribution in [1.82, 2.24) is 4.31 Å². The van der Waals surface area contributed by atoms with Crippen LogP contribution in [-0.4, -0.2) is 37.1 Å². The summed E-state index contributed by atoms with van der Waals surface area (Å²) in [7, 11) is -5.76. The lowest BCUT2D eigenvalue weighted by molar-refractivity contribution is 0.355. The van der Waals surface area contributed by atoms with Crippen molar-refractivity contribution in [2.45, 2.75) is 45.8 Å². The molecule has 1 saturated heterocycles. The van der Waals surface area contributed by atoms with E-state index in [2.05, 4.69) is 125 Å². The zero-order chi connectivity index (χ0) is 32.3. The summed E-state index contributed by atoms with van der Waals surface area (Å²) in [5, 5.41) is 5.11. The average molecular weight is 666 g/mol. The summed E-state index contributed by atoms with van der Waals surface area (Å²) in [5.41, 5.74) is 4.98. The Labute approximate surface area is 277 Å². The second kappa shape index (κ2) is 14.2. The Balaban J connectivity index is 1.44. The van der Waals surface area contributed by atoms with Crippen LogP contribution in [0.15, 0.2) is 127 Å². The first-order valence-electron chi connectivity index (χ1n) is 15.8. The quantitative estimate of drug-likeness (QED) is 0.148. The molecular formula is C39H41NO3P2S. The molecule has 5 aromatic rings. The van der Waals surface area contributed by atoms with Gasteiger partial charge in [0.15, 0.2) is 0 Å². The van der Waals surface area contributed by atoms with Gasteiger partial charge in [-0.1, -0.05) is 138 Å². The normalized spacial score (nSPS) is 17.1. The van der Waals surface area contributed by atoms with Crippen molar-refractivity contribution in [2.24, 2.45) is 0 Å². The van der Waals surface area contributed by atoms with Crippen LogP contribution in [0, 0.1) is 27.7 Å². The number of benzene rings is 5. The maximum absolute atomic E-state index is 14.2. The molecule has 0 N–H and O–H groups in total. The molecule has 0 aliphatic carbocycles. The van der Waals surface area contributed by atoms with Crippen molar-refractivity contribution < 1.29 is 12.6 Å². The van der Waals surface area contributed by atoms with Crippen LogP contribution in [0.4, 0.5) is 0 Å². The molecule has 0 bridgehead atoms. The fourth-order valence-electron chi connectivity index (χ4n) is 6.42. The van der Waals surface area contributed by atoms with Gasteiger partial charge in [-0.3, -0.25) is 0 Å². The second-order valence-electron chi connectivity index (χ2n) is 12.3. The molecule has 1 aliphatic heterocycles. The number of hydrogen-bond acceptors (Lipinski definition) is 3. The van der Waals surface area contributed by atoms with E-state index in [1.807, 2.05) is 6.07 Å². The molecule has 5 aromatic carbocycles. The van der Waals surface area contributed by atoms with Gasteiger partial charge < -0.3 is 4.18 Å². The zero-order valence-electron chi connectivity index (χ0n) is 26.9. The van der Waals surface area contributed by atoms with Gasteiger partial charge in [0, 0.05) is 18.2 Å². The largest absolute Gasteiger partial charge is 0.385 e. The molecule has 4 nitrogen and oxygen atoms in total. The minimum absolute atomic E-state index is 0.129. The van der Waals surface area contributed by atoms with E-state index in [9.17, 15) is 8.42 Å². The number of nitrogens with zero attached hydrogens (tertiary/aromatic N) is 1. The smallest absolute Gasteiger partial charge is 0.371 e. The maximum atomic E-state index is 14.2. The van der Waals surface area contributed by atoms with Gasteiger partial charge in [-0.15, -0.1) is 0 Å². The minimum atomic E-state index is -4.08. The Hall–Kier alpha value is -3.33. The van der Waals surface area contributed by atoms with Crippen LogP contribution in [0.2, 0.25) is 0 Å². The predicted molar refractivity (Wildman–Crippen MR) is 197 cm³/mol. The van der Waals surface area contributed by atoms with Crippen LogP contribution in [0.25, 0.3) is 0 Å². The monoisotopic (exact) mass is 665 g/mol. The third-order valence-corrected chi connectivity index (χ3v) is 15.3. The lowest BCUT2D eigenvalue weighted by atomic mass is 10.2. The maximum Gasteiger partial charge on any atom is 0.385 e. The summed E-state index contributed by atoms with van der Waals surface area (Å²) in [6.45, 7) is 8.93. The van der Waals surface area contributed by atoms with Gasteiger partial charge in [-0.25, -0.2) is 0 Å². The summed E-state index contributed by atoms with van der Waals surface area (Å²) in [4.78, 5) is 0. The molecule has 1 heterocycles. The van der Waals surface area contributed by atoms with Gasteiger partial charge in [0.25, 0.3) is 0 Å². The summed E-state index contributed by atoms with van der Waals surface area (Å²) < 4.78 is 36.0. The highest BCUT2D eigenvalue weighted by Crippen LogP contribution is 2.49. The molecule has 0 amide bonds. The highest BCUT2D eigenvalue weighted by molar-refractivity contribution is 7.84. The van der Waals surface area contributed by atoms with E-state index in [-0.39, 0.29) is 11.7 Å². The van der Waals surface area contributed by atoms with E-state index in [4.69, 9.17) is 4.18 Å². The lowest BCUT2D eigenvalue weighted by Crippen LogP contribution is -2.41. The molecule has 0 radical (unpaired) electrons. The first-order chi connectivity index (χ1) is 22.2. The van der Waals surface area contributed by atoms with Crippen molar-refractivity contribution in [2.75, 3.05) is 12.7 Å². The van der Waals surface area contributed by atoms with Crippen LogP contribution in [0.3, 0.4) is 0 Å². The van der Waals surface area contributed by atoms with Crippen LogP contribution in [0.5, 0.6) is 5.75 Å². The zero-order valence-corrected chi connectivity index (χ0v) is 29.5. The van der Waals surface area contributed by atoms with E-state index in [1.54, 1.807) is 28.6 Å². The predicted octanol–water partition coefficient (Wildman–Crippen LogP) is 7.25. The van der Waals surface area contributed by atoms with Gasteiger partial charge in [0.05, 0.1) is 0 Å². The van der Waals surface area contributed by atoms with Crippen LogP contribution < -0.4 is 25.4 Å². The van der Waals surface area contributed by atoms with Crippen LogP contribution in [-0.2, 0) is 10.3 Å². The van der Waals surface area contributed by atoms with Crippen molar-refractivity contribution in [3.8, 4) is 5.75 Å². The molecule has 236 valence electrons. The van der Waals surface area contributed by atoms with Gasteiger partial charge in [-0.05, 0) is 89.5 Å². The third kappa shape index (κ3) is 7.62. The SMILES string of the molecule is Cc1cccc(P(C[C@@H]2C[C@H](P(c3cccc(C)c3)c3cccc(C)c3)CN2S(=O)(=O)Oc2ccccc2)c2cccc(C)c2)c1. The molecule has 7 heteroatoms. The fraction of sp³-hybridized carbons (Fsp3) is 0.231. The molecule has 6 rings (SSSR count). The Bertz CT molecular complexity index is 1820. The Morgan fingerprint density at radius 1 is 0.630 bits per heavy atom. The highest BCUT2D eigenvalue weighted by Gasteiger charge is 2.45. The first-order valence-corrected chi connectivity index (χ1v) is 20.1. The topological polar surface area (TPSA) is 46.6 Å². The molecule has 0 aromatic heterocycles. The molecule has 0 unspecified atom stereocenters. The number of hydrogen-bond donors (Lipinski definition) is 0. The van der Waals surface area contributed by atoms with Crippen molar-refractivity contribution >= 4 is 47.4 Å². The first kappa shape index (κ1) is 32.6. The highest BCUT2D eigenvalue weighted by atomic mass is 32.2. The van der Waals surface area contributed by atoms with Crippen molar-refractivity contribution in [1.29, 1.82) is 0 Å². The van der Waals surface area contributed by atoms with Crippen molar-refractivity contribution in [3.63, 3.8) is 0 Å². The molecule has 0 saturated carbocycles. The Morgan fingerprint density at radius 3 is 1.57 bits per heavy atom. The number of rotatable bonds is 10. The van der Waals surface area contributed by atoms with Crippen LogP contribution in [0.1, 0.15) is 28.7 Å². The van der Waals surface area contributed by atoms with Gasteiger partial charge in [0.1, 0.15) is 5.75 Å². The van der Waals surface area contributed by atoms with Crippen LogP contribution >= 0.6 is 15.8 Å². The molecular weight excluding hydrogens is 624 g/mol. The molecule has 1 aliphatic rings. The van der Waals surface area contributed by atoms with Gasteiger partial charge in [-0.2, -0.15) is 12.7 Å². The molecule has 2 atom stereocenters. The second-order valence-corrected chi connectivity index (χ2v) is 18.6. The van der Waals surface area contributed by atoms with E-state index in [0.717, 1.165) is 12.6 Å². The lowest BCUT2D eigenvalue weighted by Gasteiger charge is -2.28. The number of aryl methyl sites for hydroxylation is 4. The summed E-state index contributed by atoms with van der Waals surface area (Å²) in [5.74, 6) is 0.337. The molecule has 1 fully saturated rings. The average Bonchev–Trinajstić information content (AvgIpc) is 3.45. The molecule has 0 spiro atoms. The summed E-state index contributed by atoms with van der Waals surface area (Å²) >= 11 is 0. The molecule has 46 heavy (non-hydrogen) atoms. The van der Waals surface area contributed by atoms with E-state index in [1.165, 1.54) is 43.5 Å². The van der Waals surface area contributed by atoms with Crippen molar-refractivity contribution in [3.05, 3.63) is 150 Å². The van der Waals surface area contributed by atoms with E-state index < -0.39 is 26.1 Å². The Kier molecular flexibility index (Phi) is 10.1. The fourth-order valence-corrected chi connectivity index (χ4v) is 13.8. The van der Waals surface area contributed by atoms with Gasteiger partial charge >= 0.3 is 10.3 Å². The van der Waals surface area contributed by atoms with Gasteiger partial charge in [0.2, 0.25) is 0 Å². The van der Waals surface area contributed by atoms with E-state index in [0.29, 0.717) is 12.3 Å². The third-order valence-electron chi connectivity index (χ3n) is 8.52. The standard InChI is InChI=1S/C39H41NO3P2S/c1-29-12-8-18-35(22-29)44(36-19-9-13-30(2)23-36)28-33-26-39(27-40(33)46(41,42)43-34-16-6-5-7-17-34)45(37-20-10-14-31(3)24-37)38-21-11-15-32(4)25-38/h5-25,33,39H,26-28H2,1-4H3/t33-,39-/m0/s1.